The average Bonchev–Trinajstić information content (AvgIpc) is 2.71. The summed E-state index contributed by atoms with van der Waals surface area (Å²) in [7, 11) is 1.33. The van der Waals surface area contributed by atoms with Gasteiger partial charge in [-0.05, 0) is 43.4 Å². The number of hydrogen-bond acceptors (Lipinski definition) is 4. The number of rotatable bonds is 8. The van der Waals surface area contributed by atoms with Crippen molar-refractivity contribution in [3.8, 4) is 0 Å². The van der Waals surface area contributed by atoms with Crippen molar-refractivity contribution in [1.82, 2.24) is 10.3 Å². The number of nitrogens with zero attached hydrogens (tertiary/aromatic N) is 1. The third-order valence-corrected chi connectivity index (χ3v) is 4.41. The molecule has 0 aliphatic rings. The van der Waals surface area contributed by atoms with Gasteiger partial charge in [0.05, 0.1) is 7.11 Å². The number of pyridine rings is 1. The average molecular weight is 366 g/mol. The van der Waals surface area contributed by atoms with Crippen molar-refractivity contribution < 1.29 is 14.3 Å². The smallest absolute Gasteiger partial charge is 0.328 e. The molecule has 1 amide bonds. The third-order valence-electron chi connectivity index (χ3n) is 4.41. The molecule has 0 saturated carbocycles. The summed E-state index contributed by atoms with van der Waals surface area (Å²) >= 11 is 0. The molecule has 142 valence electrons. The first-order valence-corrected chi connectivity index (χ1v) is 9.03. The number of carbonyl (C=O) groups excluding carboxylic acids is 2. The lowest BCUT2D eigenvalue weighted by Gasteiger charge is -2.23. The fourth-order valence-electron chi connectivity index (χ4n) is 2.80. The van der Waals surface area contributed by atoms with Gasteiger partial charge in [0.25, 0.3) is 5.91 Å². The molecule has 5 heteroatoms. The number of hydrogen-bond donors (Lipinski definition) is 1. The molecule has 0 radical (unpaired) electrons. The van der Waals surface area contributed by atoms with E-state index in [1.54, 1.807) is 24.4 Å². The maximum Gasteiger partial charge on any atom is 0.328 e. The number of esters is 1. The molecule has 1 heterocycles. The van der Waals surface area contributed by atoms with Crippen LogP contribution in [0.25, 0.3) is 6.08 Å². The largest absolute Gasteiger partial charge is 0.467 e. The van der Waals surface area contributed by atoms with Crippen LogP contribution in [0.2, 0.25) is 0 Å². The monoisotopic (exact) mass is 366 g/mol. The van der Waals surface area contributed by atoms with Crippen LogP contribution in [0.3, 0.4) is 0 Å². The summed E-state index contributed by atoms with van der Waals surface area (Å²) in [5.74, 6) is -0.907. The van der Waals surface area contributed by atoms with Gasteiger partial charge in [-0.3, -0.25) is 9.78 Å². The Morgan fingerprint density at radius 3 is 2.48 bits per heavy atom. The first-order valence-electron chi connectivity index (χ1n) is 9.03. The highest BCUT2D eigenvalue weighted by molar-refractivity contribution is 5.95. The second kappa shape index (κ2) is 10.3. The standard InChI is InChI=1S/C22H26N2O3/c1-16(15-18-9-5-4-6-10-18)12-13-17(2)20(22(26)27-3)24-21(25)19-11-7-8-14-23-19/h4-11,14-15,17,20H,12-13H2,1-3H3,(H,24,25)/b16-15+/t17-,20-/m0/s1. The first-order chi connectivity index (χ1) is 13.0. The molecule has 0 spiro atoms. The lowest BCUT2D eigenvalue weighted by Crippen LogP contribution is -2.46. The summed E-state index contributed by atoms with van der Waals surface area (Å²) in [5.41, 5.74) is 2.64. The van der Waals surface area contributed by atoms with Gasteiger partial charge in [0.2, 0.25) is 0 Å². The first kappa shape index (κ1) is 20.4. The fraction of sp³-hybridized carbons (Fsp3) is 0.318. The van der Waals surface area contributed by atoms with Crippen molar-refractivity contribution in [1.29, 1.82) is 0 Å². The molecule has 5 nitrogen and oxygen atoms in total. The molecule has 27 heavy (non-hydrogen) atoms. The van der Waals surface area contributed by atoms with Crippen LogP contribution in [0.15, 0.2) is 60.3 Å². The van der Waals surface area contributed by atoms with Crippen molar-refractivity contribution in [2.75, 3.05) is 7.11 Å². The van der Waals surface area contributed by atoms with Gasteiger partial charge in [0.1, 0.15) is 11.7 Å². The molecular weight excluding hydrogens is 340 g/mol. The number of methoxy groups -OCH3 is 1. The minimum Gasteiger partial charge on any atom is -0.467 e. The number of aromatic nitrogens is 1. The highest BCUT2D eigenvalue weighted by Crippen LogP contribution is 2.18. The topological polar surface area (TPSA) is 68.3 Å². The van der Waals surface area contributed by atoms with Crippen LogP contribution >= 0.6 is 0 Å². The molecule has 2 aromatic rings. The van der Waals surface area contributed by atoms with Crippen LogP contribution in [0, 0.1) is 5.92 Å². The Labute approximate surface area is 160 Å². The minimum atomic E-state index is -0.714. The van der Waals surface area contributed by atoms with E-state index in [-0.39, 0.29) is 17.5 Å². The molecule has 1 aromatic heterocycles. The quantitative estimate of drug-likeness (QED) is 0.720. The summed E-state index contributed by atoms with van der Waals surface area (Å²) < 4.78 is 4.88. The van der Waals surface area contributed by atoms with E-state index in [2.05, 4.69) is 35.4 Å². The molecule has 0 unspecified atom stereocenters. The summed E-state index contributed by atoms with van der Waals surface area (Å²) in [6.07, 6.45) is 5.25. The number of allylic oxidation sites excluding steroid dienone is 1. The van der Waals surface area contributed by atoms with E-state index in [0.29, 0.717) is 0 Å². The van der Waals surface area contributed by atoms with Gasteiger partial charge in [-0.1, -0.05) is 55.0 Å². The van der Waals surface area contributed by atoms with E-state index in [1.807, 2.05) is 25.1 Å². The zero-order valence-corrected chi connectivity index (χ0v) is 16.0. The molecule has 2 rings (SSSR count). The number of ether oxygens (including phenoxy) is 1. The number of nitrogens with one attached hydrogen (secondary N) is 1. The number of carbonyl (C=O) groups is 2. The van der Waals surface area contributed by atoms with E-state index >= 15 is 0 Å². The Morgan fingerprint density at radius 1 is 1.15 bits per heavy atom. The van der Waals surface area contributed by atoms with Gasteiger partial charge in [-0.25, -0.2) is 4.79 Å². The Balaban J connectivity index is 2.00. The predicted molar refractivity (Wildman–Crippen MR) is 106 cm³/mol. The number of amides is 1. The lowest BCUT2D eigenvalue weighted by molar-refractivity contribution is -0.144. The van der Waals surface area contributed by atoms with Gasteiger partial charge in [-0.15, -0.1) is 0 Å². The zero-order valence-electron chi connectivity index (χ0n) is 16.0. The van der Waals surface area contributed by atoms with E-state index in [4.69, 9.17) is 4.74 Å². The third kappa shape index (κ3) is 6.37. The molecule has 0 fully saturated rings. The fourth-order valence-corrected chi connectivity index (χ4v) is 2.80. The van der Waals surface area contributed by atoms with Gasteiger partial charge in [0.15, 0.2) is 0 Å². The van der Waals surface area contributed by atoms with Gasteiger partial charge in [-0.2, -0.15) is 0 Å². The second-order valence-corrected chi connectivity index (χ2v) is 6.61. The Morgan fingerprint density at radius 2 is 1.85 bits per heavy atom. The molecule has 1 aromatic carbocycles. The highest BCUT2D eigenvalue weighted by atomic mass is 16.5. The molecule has 0 bridgehead atoms. The Hall–Kier alpha value is -2.95. The van der Waals surface area contributed by atoms with Crippen LogP contribution in [0.1, 0.15) is 42.7 Å². The molecular formula is C22H26N2O3. The van der Waals surface area contributed by atoms with Crippen molar-refractivity contribution in [3.63, 3.8) is 0 Å². The van der Waals surface area contributed by atoms with Gasteiger partial charge in [0, 0.05) is 6.20 Å². The van der Waals surface area contributed by atoms with Crippen LogP contribution in [-0.2, 0) is 9.53 Å². The molecule has 2 atom stereocenters. The summed E-state index contributed by atoms with van der Waals surface area (Å²) in [6.45, 7) is 4.01. The van der Waals surface area contributed by atoms with Crippen molar-refractivity contribution >= 4 is 18.0 Å². The van der Waals surface area contributed by atoms with Crippen LogP contribution in [-0.4, -0.2) is 30.0 Å². The van der Waals surface area contributed by atoms with E-state index < -0.39 is 12.0 Å². The Kier molecular flexibility index (Phi) is 7.74. The Bertz CT molecular complexity index is 773. The molecule has 0 aliphatic carbocycles. The summed E-state index contributed by atoms with van der Waals surface area (Å²) in [4.78, 5) is 28.6. The number of benzene rings is 1. The predicted octanol–water partition coefficient (Wildman–Crippen LogP) is 3.87. The SMILES string of the molecule is COC(=O)[C@@H](NC(=O)c1ccccn1)[C@@H](C)CC/C(C)=C/c1ccccc1. The normalized spacial score (nSPS) is 13.5. The highest BCUT2D eigenvalue weighted by Gasteiger charge is 2.28. The van der Waals surface area contributed by atoms with Crippen molar-refractivity contribution in [2.24, 2.45) is 5.92 Å². The molecule has 0 aliphatic heterocycles. The molecule has 1 N–H and O–H groups in total. The maximum absolute atomic E-state index is 12.4. The van der Waals surface area contributed by atoms with Crippen LogP contribution < -0.4 is 5.32 Å². The lowest BCUT2D eigenvalue weighted by atomic mass is 9.93. The van der Waals surface area contributed by atoms with Gasteiger partial charge < -0.3 is 10.1 Å². The maximum atomic E-state index is 12.4. The summed E-state index contributed by atoms with van der Waals surface area (Å²) in [5, 5.41) is 2.76. The van der Waals surface area contributed by atoms with Crippen molar-refractivity contribution in [2.45, 2.75) is 32.7 Å². The van der Waals surface area contributed by atoms with E-state index in [9.17, 15) is 9.59 Å². The van der Waals surface area contributed by atoms with Crippen LogP contribution in [0.4, 0.5) is 0 Å². The van der Waals surface area contributed by atoms with E-state index in [1.165, 1.54) is 12.7 Å². The van der Waals surface area contributed by atoms with Crippen LogP contribution in [0.5, 0.6) is 0 Å². The van der Waals surface area contributed by atoms with E-state index in [0.717, 1.165) is 18.4 Å². The van der Waals surface area contributed by atoms with Gasteiger partial charge >= 0.3 is 5.97 Å². The minimum absolute atomic E-state index is 0.0794. The second-order valence-electron chi connectivity index (χ2n) is 6.61. The van der Waals surface area contributed by atoms with Crippen molar-refractivity contribution in [3.05, 3.63) is 71.6 Å². The zero-order chi connectivity index (χ0) is 19.6. The molecule has 0 saturated heterocycles. The summed E-state index contributed by atoms with van der Waals surface area (Å²) in [6, 6.07) is 14.5.